The van der Waals surface area contributed by atoms with Gasteiger partial charge in [0, 0.05) is 23.2 Å². The van der Waals surface area contributed by atoms with Crippen LogP contribution in [0.3, 0.4) is 0 Å². The maximum absolute atomic E-state index is 14.0. The first-order valence-corrected chi connectivity index (χ1v) is 14.1. The van der Waals surface area contributed by atoms with E-state index in [2.05, 4.69) is 10.6 Å². The molecule has 3 unspecified atom stereocenters. The van der Waals surface area contributed by atoms with Gasteiger partial charge >= 0.3 is 0 Å². The van der Waals surface area contributed by atoms with Crippen molar-refractivity contribution in [3.8, 4) is 5.75 Å². The molecular formula is C27H31Cl3N4O8. The lowest BCUT2D eigenvalue weighted by Gasteiger charge is -2.50. The highest BCUT2D eigenvalue weighted by Crippen LogP contribution is 2.53. The zero-order chi connectivity index (χ0) is 31.6. The molecule has 42 heavy (non-hydrogen) atoms. The molecule has 8 N–H and O–H groups in total. The zero-order valence-electron chi connectivity index (χ0n) is 23.1. The minimum absolute atomic E-state index is 0.0601. The van der Waals surface area contributed by atoms with Crippen LogP contribution in [0.25, 0.3) is 0 Å². The lowest BCUT2D eigenvalue weighted by atomic mass is 9.58. The van der Waals surface area contributed by atoms with Gasteiger partial charge in [0.2, 0.25) is 11.7 Å². The number of anilines is 2. The number of aromatic hydroxyl groups is 1. The summed E-state index contributed by atoms with van der Waals surface area (Å²) in [4.78, 5) is 53.6. The Hall–Kier alpha value is -3.03. The Morgan fingerprint density at radius 2 is 1.79 bits per heavy atom. The zero-order valence-corrected chi connectivity index (χ0v) is 25.4. The van der Waals surface area contributed by atoms with Crippen LogP contribution in [0.4, 0.5) is 11.4 Å². The number of phenolic OH excluding ortho intramolecular Hbond substituents is 1. The summed E-state index contributed by atoms with van der Waals surface area (Å²) in [5.41, 5.74) is 1.69. The Labute approximate surface area is 256 Å². The lowest BCUT2D eigenvalue weighted by Crippen LogP contribution is -2.63. The van der Waals surface area contributed by atoms with E-state index in [9.17, 15) is 39.6 Å². The quantitative estimate of drug-likeness (QED) is 0.104. The molecule has 0 bridgehead atoms. The first-order valence-electron chi connectivity index (χ1n) is 13.0. The molecule has 0 aromatic heterocycles. The summed E-state index contributed by atoms with van der Waals surface area (Å²) in [5.74, 6) is -8.51. The summed E-state index contributed by atoms with van der Waals surface area (Å²) in [6, 6.07) is 0.183. The maximum atomic E-state index is 14.0. The van der Waals surface area contributed by atoms with Crippen molar-refractivity contribution in [2.75, 3.05) is 24.7 Å². The van der Waals surface area contributed by atoms with Crippen molar-refractivity contribution in [2.24, 2.45) is 17.6 Å². The maximum Gasteiger partial charge on any atom is 0.255 e. The van der Waals surface area contributed by atoms with E-state index in [1.54, 1.807) is 14.1 Å². The minimum Gasteiger partial charge on any atom is -0.510 e. The van der Waals surface area contributed by atoms with Crippen molar-refractivity contribution in [3.63, 3.8) is 0 Å². The Kier molecular flexibility index (Phi) is 8.29. The second-order valence-corrected chi connectivity index (χ2v) is 13.8. The number of fused-ring (bicyclic) bond motifs is 3. The molecule has 0 spiro atoms. The Bertz CT molecular complexity index is 1470. The average molecular weight is 646 g/mol. The second-order valence-electron chi connectivity index (χ2n) is 11.3. The van der Waals surface area contributed by atoms with Gasteiger partial charge in [-0.25, -0.2) is 0 Å². The number of aliphatic hydroxyl groups is 3. The number of primary amides is 1. The number of aliphatic hydroxyl groups excluding tert-OH is 2. The predicted octanol–water partition coefficient (Wildman–Crippen LogP) is 2.64. The van der Waals surface area contributed by atoms with Gasteiger partial charge in [0.15, 0.2) is 20.9 Å². The van der Waals surface area contributed by atoms with Crippen LogP contribution in [0.1, 0.15) is 42.6 Å². The number of phenols is 1. The van der Waals surface area contributed by atoms with Gasteiger partial charge in [0.25, 0.3) is 5.91 Å². The molecule has 0 saturated heterocycles. The first kappa shape index (κ1) is 31.9. The van der Waals surface area contributed by atoms with Crippen LogP contribution in [0.15, 0.2) is 28.7 Å². The van der Waals surface area contributed by atoms with Crippen LogP contribution in [-0.2, 0) is 20.8 Å². The van der Waals surface area contributed by atoms with E-state index >= 15 is 0 Å². The number of ketones is 2. The molecule has 3 aliphatic carbocycles. The van der Waals surface area contributed by atoms with Crippen molar-refractivity contribution in [1.82, 2.24) is 4.90 Å². The van der Waals surface area contributed by atoms with Crippen molar-refractivity contribution in [2.45, 2.75) is 54.6 Å². The summed E-state index contributed by atoms with van der Waals surface area (Å²) in [5, 5.41) is 50.9. The third-order valence-corrected chi connectivity index (χ3v) is 8.20. The van der Waals surface area contributed by atoms with Crippen LogP contribution in [0.2, 0.25) is 0 Å². The van der Waals surface area contributed by atoms with Crippen molar-refractivity contribution in [1.29, 1.82) is 0 Å². The van der Waals surface area contributed by atoms with Gasteiger partial charge in [0.1, 0.15) is 17.1 Å². The summed E-state index contributed by atoms with van der Waals surface area (Å²) in [7, 11) is 3.10. The molecule has 2 amide bonds. The number of rotatable bonds is 6. The van der Waals surface area contributed by atoms with Crippen molar-refractivity contribution in [3.05, 3.63) is 39.9 Å². The summed E-state index contributed by atoms with van der Waals surface area (Å²) in [6.45, 7) is 3.67. The number of carbonyl (C=O) groups excluding carboxylic acids is 4. The normalized spacial score (nSPS) is 25.8. The van der Waals surface area contributed by atoms with Gasteiger partial charge in [-0.2, -0.15) is 0 Å². The van der Waals surface area contributed by atoms with Gasteiger partial charge in [-0.05, 0) is 58.3 Å². The third-order valence-electron chi connectivity index (χ3n) is 7.80. The summed E-state index contributed by atoms with van der Waals surface area (Å²) >= 11 is 17.2. The molecule has 0 heterocycles. The van der Waals surface area contributed by atoms with E-state index in [-0.39, 0.29) is 35.7 Å². The highest BCUT2D eigenvalue weighted by molar-refractivity contribution is 6.68. The number of nitrogens with zero attached hydrogens (tertiary/aromatic N) is 1. The molecule has 0 saturated carbocycles. The van der Waals surface area contributed by atoms with E-state index in [0.29, 0.717) is 11.3 Å². The molecule has 228 valence electrons. The highest BCUT2D eigenvalue weighted by Gasteiger charge is 2.63. The van der Waals surface area contributed by atoms with Gasteiger partial charge in [-0.15, -0.1) is 0 Å². The minimum atomic E-state index is -2.77. The fourth-order valence-corrected chi connectivity index (χ4v) is 6.59. The molecule has 15 heteroatoms. The average Bonchev–Trinajstić information content (AvgIpc) is 2.82. The smallest absolute Gasteiger partial charge is 0.255 e. The number of hydrogen-bond acceptors (Lipinski definition) is 10. The van der Waals surface area contributed by atoms with E-state index < -0.39 is 79.9 Å². The van der Waals surface area contributed by atoms with Gasteiger partial charge in [0.05, 0.1) is 23.7 Å². The largest absolute Gasteiger partial charge is 0.510 e. The molecule has 12 nitrogen and oxygen atoms in total. The van der Waals surface area contributed by atoms with Crippen LogP contribution in [0.5, 0.6) is 5.75 Å². The van der Waals surface area contributed by atoms with Crippen LogP contribution >= 0.6 is 34.8 Å². The SMILES string of the molecule is CC(C)Nc1cc(NC(=O)CC(Cl)(Cl)Cl)c(O)c2c1CC1CC3[C@H](N(C)C)C(O)=C(C(N)=O)C(=O)C3(O)C(O)=C1C2=O. The molecule has 4 atom stereocenters. The number of alkyl halides is 3. The number of benzene rings is 1. The second kappa shape index (κ2) is 10.9. The monoisotopic (exact) mass is 644 g/mol. The van der Waals surface area contributed by atoms with Crippen molar-refractivity contribution < 1.29 is 39.6 Å². The number of carbonyl (C=O) groups is 4. The number of nitrogens with one attached hydrogen (secondary N) is 2. The first-order chi connectivity index (χ1) is 19.3. The Morgan fingerprint density at radius 3 is 2.31 bits per heavy atom. The fraction of sp³-hybridized carbons (Fsp3) is 0.481. The molecule has 0 fully saturated rings. The molecule has 3 aliphatic rings. The molecule has 1 aromatic rings. The Balaban J connectivity index is 1.92. The number of nitrogens with two attached hydrogens (primary N) is 1. The van der Waals surface area contributed by atoms with Crippen LogP contribution in [0, 0.1) is 11.8 Å². The Morgan fingerprint density at radius 1 is 1.17 bits per heavy atom. The lowest BCUT2D eigenvalue weighted by molar-refractivity contribution is -0.148. The van der Waals surface area contributed by atoms with E-state index in [4.69, 9.17) is 40.5 Å². The van der Waals surface area contributed by atoms with E-state index in [1.807, 2.05) is 13.8 Å². The molecule has 1 aromatic carbocycles. The highest BCUT2D eigenvalue weighted by atomic mass is 35.6. The number of allylic oxidation sites excluding steroid dienone is 1. The number of halogens is 3. The molecule has 0 radical (unpaired) electrons. The van der Waals surface area contributed by atoms with E-state index in [1.165, 1.54) is 11.0 Å². The van der Waals surface area contributed by atoms with Gasteiger partial charge in [-0.1, -0.05) is 34.8 Å². The molecular weight excluding hydrogens is 615 g/mol. The summed E-state index contributed by atoms with van der Waals surface area (Å²) in [6.07, 6.45) is -0.551. The summed E-state index contributed by atoms with van der Waals surface area (Å²) < 4.78 is -1.93. The third kappa shape index (κ3) is 5.19. The molecule has 0 aliphatic heterocycles. The van der Waals surface area contributed by atoms with Crippen LogP contribution < -0.4 is 16.4 Å². The van der Waals surface area contributed by atoms with Gasteiger partial charge < -0.3 is 36.8 Å². The fourth-order valence-electron chi connectivity index (χ4n) is 6.23. The van der Waals surface area contributed by atoms with E-state index in [0.717, 1.165) is 0 Å². The number of likely N-dealkylation sites (N-methyl/N-ethyl adjacent to an activating group) is 1. The topological polar surface area (TPSA) is 203 Å². The molecule has 4 rings (SSSR count). The van der Waals surface area contributed by atoms with Gasteiger partial charge in [-0.3, -0.25) is 24.1 Å². The van der Waals surface area contributed by atoms with Crippen LogP contribution in [-0.4, -0.2) is 84.3 Å². The predicted molar refractivity (Wildman–Crippen MR) is 156 cm³/mol. The number of amides is 2. The van der Waals surface area contributed by atoms with Crippen molar-refractivity contribution >= 4 is 69.6 Å². The number of Topliss-reactive ketones (excluding diaryl/α,β-unsaturated/α-hetero) is 2. The standard InChI is InChI=1S/C27H31Cl3N4O8/c1-9(2)32-13-7-14(33-15(35)8-26(28,29)30)20(36)17-11(13)5-10-6-12-19(34(3)4)22(38)18(25(31)41)24(40)27(12,42)23(39)16(10)21(17)37/h7,9-10,12,19,32,36,38-39,42H,5-6,8H2,1-4H3,(H2,31,41)(H,33,35)/t10?,12?,19-,27?/m0/s1. The number of hydrogen-bond donors (Lipinski definition) is 7.